The zero-order valence-electron chi connectivity index (χ0n) is 12.1. The molecule has 1 fully saturated rings. The number of fused-ring (bicyclic) bond motifs is 1. The third-order valence-corrected chi connectivity index (χ3v) is 4.45. The van der Waals surface area contributed by atoms with Crippen molar-refractivity contribution < 1.29 is 0 Å². The monoisotopic (exact) mass is 292 g/mol. The van der Waals surface area contributed by atoms with Crippen LogP contribution in [0.25, 0.3) is 11.0 Å². The van der Waals surface area contributed by atoms with Crippen LogP contribution in [0.3, 0.4) is 0 Å². The van der Waals surface area contributed by atoms with Crippen LogP contribution in [0.1, 0.15) is 18.7 Å². The molecule has 108 valence electrons. The summed E-state index contributed by atoms with van der Waals surface area (Å²) >= 11 is 6.04. The van der Waals surface area contributed by atoms with E-state index in [0.29, 0.717) is 6.04 Å². The Bertz CT molecular complexity index is 607. The van der Waals surface area contributed by atoms with Crippen molar-refractivity contribution in [3.05, 3.63) is 29.0 Å². The summed E-state index contributed by atoms with van der Waals surface area (Å²) in [4.78, 5) is 7.21. The third kappa shape index (κ3) is 2.68. The van der Waals surface area contributed by atoms with Crippen LogP contribution in [0.15, 0.2) is 18.2 Å². The molecule has 4 nitrogen and oxygen atoms in total. The van der Waals surface area contributed by atoms with Gasteiger partial charge in [-0.3, -0.25) is 4.90 Å². The van der Waals surface area contributed by atoms with E-state index in [9.17, 15) is 0 Å². The fourth-order valence-electron chi connectivity index (χ4n) is 3.00. The molecule has 1 unspecified atom stereocenters. The molecule has 0 bridgehead atoms. The number of halogens is 1. The van der Waals surface area contributed by atoms with Gasteiger partial charge in [-0.25, -0.2) is 4.98 Å². The van der Waals surface area contributed by atoms with E-state index in [2.05, 4.69) is 21.8 Å². The van der Waals surface area contributed by atoms with Crippen LogP contribution in [-0.2, 0) is 13.6 Å². The highest BCUT2D eigenvalue weighted by Gasteiger charge is 2.20. The number of likely N-dealkylation sites (N-methyl/N-ethyl adjacent to an activating group) is 1. The largest absolute Gasteiger partial charge is 0.330 e. The zero-order valence-corrected chi connectivity index (χ0v) is 12.8. The van der Waals surface area contributed by atoms with Gasteiger partial charge < -0.3 is 9.88 Å². The first kappa shape index (κ1) is 13.9. The van der Waals surface area contributed by atoms with Gasteiger partial charge in [-0.2, -0.15) is 0 Å². The van der Waals surface area contributed by atoms with Crippen LogP contribution >= 0.6 is 11.6 Å². The Morgan fingerprint density at radius 3 is 3.10 bits per heavy atom. The molecule has 0 radical (unpaired) electrons. The molecule has 0 saturated carbocycles. The summed E-state index contributed by atoms with van der Waals surface area (Å²) in [7, 11) is 4.13. The van der Waals surface area contributed by atoms with E-state index in [0.717, 1.165) is 41.5 Å². The maximum Gasteiger partial charge on any atom is 0.123 e. The van der Waals surface area contributed by atoms with E-state index in [1.165, 1.54) is 12.8 Å². The SMILES string of the molecule is CNC1CCCN(Cc2nc3cc(Cl)ccc3n2C)C1. The molecule has 2 aromatic rings. The molecular weight excluding hydrogens is 272 g/mol. The number of benzene rings is 1. The van der Waals surface area contributed by atoms with Crippen LogP contribution < -0.4 is 5.32 Å². The van der Waals surface area contributed by atoms with Gasteiger partial charge in [0.1, 0.15) is 5.82 Å². The smallest absolute Gasteiger partial charge is 0.123 e. The van der Waals surface area contributed by atoms with Gasteiger partial charge in [-0.1, -0.05) is 11.6 Å². The lowest BCUT2D eigenvalue weighted by molar-refractivity contribution is 0.183. The molecular formula is C15H21ClN4. The first-order valence-electron chi connectivity index (χ1n) is 7.18. The number of likely N-dealkylation sites (tertiary alicyclic amines) is 1. The molecule has 5 heteroatoms. The highest BCUT2D eigenvalue weighted by atomic mass is 35.5. The summed E-state index contributed by atoms with van der Waals surface area (Å²) in [6, 6.07) is 6.51. The highest BCUT2D eigenvalue weighted by molar-refractivity contribution is 6.31. The second kappa shape index (κ2) is 5.72. The van der Waals surface area contributed by atoms with Crippen molar-refractivity contribution in [1.29, 1.82) is 0 Å². The summed E-state index contributed by atoms with van der Waals surface area (Å²) < 4.78 is 2.18. The molecule has 0 amide bonds. The Morgan fingerprint density at radius 2 is 2.30 bits per heavy atom. The number of nitrogens with one attached hydrogen (secondary N) is 1. The Kier molecular flexibility index (Phi) is 3.96. The lowest BCUT2D eigenvalue weighted by Gasteiger charge is -2.32. The van der Waals surface area contributed by atoms with Gasteiger partial charge in [0.05, 0.1) is 17.6 Å². The Labute approximate surface area is 124 Å². The Morgan fingerprint density at radius 1 is 1.45 bits per heavy atom. The first-order valence-corrected chi connectivity index (χ1v) is 7.55. The van der Waals surface area contributed by atoms with Crippen LogP contribution in [-0.4, -0.2) is 40.6 Å². The molecule has 2 heterocycles. The Hall–Kier alpha value is -1.10. The van der Waals surface area contributed by atoms with E-state index >= 15 is 0 Å². The van der Waals surface area contributed by atoms with Crippen molar-refractivity contribution in [2.24, 2.45) is 7.05 Å². The van der Waals surface area contributed by atoms with Gasteiger partial charge >= 0.3 is 0 Å². The topological polar surface area (TPSA) is 33.1 Å². The van der Waals surface area contributed by atoms with Gasteiger partial charge in [0.2, 0.25) is 0 Å². The number of imidazole rings is 1. The minimum absolute atomic E-state index is 0.605. The first-order chi connectivity index (χ1) is 9.67. The summed E-state index contributed by atoms with van der Waals surface area (Å²) in [5.74, 6) is 1.11. The average Bonchev–Trinajstić information content (AvgIpc) is 2.75. The summed E-state index contributed by atoms with van der Waals surface area (Å²) in [6.45, 7) is 3.16. The predicted molar refractivity (Wildman–Crippen MR) is 83.1 cm³/mol. The average molecular weight is 293 g/mol. The maximum absolute atomic E-state index is 6.04. The lowest BCUT2D eigenvalue weighted by Crippen LogP contribution is -2.44. The van der Waals surface area contributed by atoms with E-state index in [1.807, 2.05) is 25.2 Å². The lowest BCUT2D eigenvalue weighted by atomic mass is 10.1. The standard InChI is InChI=1S/C15H21ClN4/c1-17-12-4-3-7-20(9-12)10-15-18-13-8-11(16)5-6-14(13)19(15)2/h5-6,8,12,17H,3-4,7,9-10H2,1-2H3. The van der Waals surface area contributed by atoms with Gasteiger partial charge in [0.15, 0.2) is 0 Å². The molecule has 3 rings (SSSR count). The molecule has 0 aliphatic carbocycles. The second-order valence-electron chi connectivity index (χ2n) is 5.58. The molecule has 1 aliphatic rings. The van der Waals surface area contributed by atoms with Crippen molar-refractivity contribution in [3.8, 4) is 0 Å². The van der Waals surface area contributed by atoms with Crippen molar-refractivity contribution in [2.75, 3.05) is 20.1 Å². The summed E-state index contributed by atoms with van der Waals surface area (Å²) in [5, 5.41) is 4.13. The van der Waals surface area contributed by atoms with E-state index in [1.54, 1.807) is 0 Å². The quantitative estimate of drug-likeness (QED) is 0.943. The van der Waals surface area contributed by atoms with Crippen LogP contribution in [0.4, 0.5) is 0 Å². The number of nitrogens with zero attached hydrogens (tertiary/aromatic N) is 3. The third-order valence-electron chi connectivity index (χ3n) is 4.21. The summed E-state index contributed by atoms with van der Waals surface area (Å²) in [6.07, 6.45) is 2.52. The van der Waals surface area contributed by atoms with Gasteiger partial charge in [-0.15, -0.1) is 0 Å². The Balaban J connectivity index is 1.82. The molecule has 1 saturated heterocycles. The highest BCUT2D eigenvalue weighted by Crippen LogP contribution is 2.21. The predicted octanol–water partition coefficient (Wildman–Crippen LogP) is 2.41. The fourth-order valence-corrected chi connectivity index (χ4v) is 3.17. The number of aromatic nitrogens is 2. The molecule has 1 N–H and O–H groups in total. The second-order valence-corrected chi connectivity index (χ2v) is 6.02. The molecule has 1 atom stereocenters. The van der Waals surface area contributed by atoms with Crippen molar-refractivity contribution >= 4 is 22.6 Å². The number of hydrogen-bond acceptors (Lipinski definition) is 3. The fraction of sp³-hybridized carbons (Fsp3) is 0.533. The zero-order chi connectivity index (χ0) is 14.1. The van der Waals surface area contributed by atoms with Gasteiger partial charge in [0.25, 0.3) is 0 Å². The van der Waals surface area contributed by atoms with E-state index in [-0.39, 0.29) is 0 Å². The molecule has 20 heavy (non-hydrogen) atoms. The molecule has 1 aliphatic heterocycles. The number of rotatable bonds is 3. The van der Waals surface area contributed by atoms with Crippen molar-refractivity contribution in [2.45, 2.75) is 25.4 Å². The van der Waals surface area contributed by atoms with Gasteiger partial charge in [0, 0.05) is 24.7 Å². The van der Waals surface area contributed by atoms with Crippen LogP contribution in [0.2, 0.25) is 5.02 Å². The number of hydrogen-bond donors (Lipinski definition) is 1. The van der Waals surface area contributed by atoms with Crippen LogP contribution in [0, 0.1) is 0 Å². The number of aryl methyl sites for hydroxylation is 1. The molecule has 0 spiro atoms. The molecule has 1 aromatic heterocycles. The minimum atomic E-state index is 0.605. The van der Waals surface area contributed by atoms with E-state index < -0.39 is 0 Å². The van der Waals surface area contributed by atoms with Crippen molar-refractivity contribution in [3.63, 3.8) is 0 Å². The minimum Gasteiger partial charge on any atom is -0.330 e. The molecule has 1 aromatic carbocycles. The van der Waals surface area contributed by atoms with E-state index in [4.69, 9.17) is 16.6 Å². The van der Waals surface area contributed by atoms with Crippen LogP contribution in [0.5, 0.6) is 0 Å². The summed E-state index contributed by atoms with van der Waals surface area (Å²) in [5.41, 5.74) is 2.13. The van der Waals surface area contributed by atoms with Gasteiger partial charge in [-0.05, 0) is 44.6 Å². The van der Waals surface area contributed by atoms with Crippen molar-refractivity contribution in [1.82, 2.24) is 19.8 Å². The maximum atomic E-state index is 6.04. The number of piperidine rings is 1. The normalized spacial score (nSPS) is 20.6.